The van der Waals surface area contributed by atoms with Gasteiger partial charge in [0, 0.05) is 17.4 Å². The molecular weight excluding hydrogens is 437 g/mol. The Kier molecular flexibility index (Phi) is 7.20. The number of hydrogen-bond acceptors (Lipinski definition) is 2. The smallest absolute Gasteiger partial charge is 0.193 e. The molecule has 0 atom stereocenters. The van der Waals surface area contributed by atoms with E-state index in [2.05, 4.69) is 47.5 Å². The van der Waals surface area contributed by atoms with E-state index in [1.807, 2.05) is 47.4 Å². The van der Waals surface area contributed by atoms with Gasteiger partial charge in [0.2, 0.25) is 0 Å². The Morgan fingerprint density at radius 3 is 2.46 bits per heavy atom. The normalized spacial score (nSPS) is 11.1. The zero-order valence-corrected chi connectivity index (χ0v) is 17.3. The highest BCUT2D eigenvalue weighted by molar-refractivity contribution is 14.0. The van der Waals surface area contributed by atoms with Crippen LogP contribution < -0.4 is 11.1 Å². The molecule has 3 N–H and O–H groups in total. The lowest BCUT2D eigenvalue weighted by atomic mass is 10.1. The summed E-state index contributed by atoms with van der Waals surface area (Å²) in [5.41, 5.74) is 11.6. The minimum absolute atomic E-state index is 0. The largest absolute Gasteiger partial charge is 0.370 e. The van der Waals surface area contributed by atoms with E-state index in [0.717, 1.165) is 17.8 Å². The van der Waals surface area contributed by atoms with Crippen LogP contribution in [0.2, 0.25) is 0 Å². The molecule has 3 aromatic rings. The van der Waals surface area contributed by atoms with Crippen molar-refractivity contribution in [1.82, 2.24) is 9.78 Å². The summed E-state index contributed by atoms with van der Waals surface area (Å²) in [4.78, 5) is 4.40. The molecule has 136 valence electrons. The number of nitrogens with one attached hydrogen (secondary N) is 1. The van der Waals surface area contributed by atoms with E-state index >= 15 is 0 Å². The van der Waals surface area contributed by atoms with Crippen LogP contribution in [0.5, 0.6) is 0 Å². The molecule has 0 fully saturated rings. The Morgan fingerprint density at radius 1 is 1.08 bits per heavy atom. The highest BCUT2D eigenvalue weighted by Crippen LogP contribution is 2.13. The summed E-state index contributed by atoms with van der Waals surface area (Å²) in [5.74, 6) is 0.404. The lowest BCUT2D eigenvalue weighted by Gasteiger charge is -2.07. The average Bonchev–Trinajstić information content (AvgIpc) is 3.00. The van der Waals surface area contributed by atoms with Crippen molar-refractivity contribution < 1.29 is 0 Å². The standard InChI is InChI=1S/C20H23N5.HI/c1-15-8-16(2)10-19(9-15)24-20(21)22-11-18-12-23-25(14-18)13-17-6-4-3-5-7-17;/h3-10,12,14H,11,13H2,1-2H3,(H3,21,22,24);1H. The second kappa shape index (κ2) is 9.38. The molecule has 0 bridgehead atoms. The van der Waals surface area contributed by atoms with Crippen LogP contribution in [-0.4, -0.2) is 15.7 Å². The van der Waals surface area contributed by atoms with E-state index in [4.69, 9.17) is 5.73 Å². The summed E-state index contributed by atoms with van der Waals surface area (Å²) < 4.78 is 1.91. The summed E-state index contributed by atoms with van der Waals surface area (Å²) in [6.45, 7) is 5.37. The quantitative estimate of drug-likeness (QED) is 0.342. The van der Waals surface area contributed by atoms with E-state index in [9.17, 15) is 0 Å². The fourth-order valence-electron chi connectivity index (χ4n) is 2.76. The average molecular weight is 461 g/mol. The van der Waals surface area contributed by atoms with Crippen LogP contribution in [0.3, 0.4) is 0 Å². The van der Waals surface area contributed by atoms with Gasteiger partial charge in [-0.1, -0.05) is 36.4 Å². The van der Waals surface area contributed by atoms with Gasteiger partial charge in [0.25, 0.3) is 0 Å². The Labute approximate surface area is 171 Å². The number of aliphatic imine (C=N–C) groups is 1. The Morgan fingerprint density at radius 2 is 1.77 bits per heavy atom. The van der Waals surface area contributed by atoms with E-state index in [1.54, 1.807) is 0 Å². The van der Waals surface area contributed by atoms with Crippen molar-refractivity contribution in [2.75, 3.05) is 5.32 Å². The van der Waals surface area contributed by atoms with Crippen LogP contribution in [0, 0.1) is 13.8 Å². The van der Waals surface area contributed by atoms with E-state index in [-0.39, 0.29) is 24.0 Å². The molecule has 0 spiro atoms. The SMILES string of the molecule is Cc1cc(C)cc(NC(N)=NCc2cnn(Cc3ccccc3)c2)c1.I. The first-order valence-corrected chi connectivity index (χ1v) is 8.29. The minimum Gasteiger partial charge on any atom is -0.370 e. The molecule has 5 nitrogen and oxygen atoms in total. The molecule has 26 heavy (non-hydrogen) atoms. The lowest BCUT2D eigenvalue weighted by Crippen LogP contribution is -2.22. The Hall–Kier alpha value is -2.35. The molecule has 0 aliphatic carbocycles. The third kappa shape index (κ3) is 5.87. The summed E-state index contributed by atoms with van der Waals surface area (Å²) in [7, 11) is 0. The molecule has 0 amide bonds. The topological polar surface area (TPSA) is 68.2 Å². The molecule has 0 radical (unpaired) electrons. The van der Waals surface area contributed by atoms with Crippen LogP contribution in [0.15, 0.2) is 65.9 Å². The van der Waals surface area contributed by atoms with Gasteiger partial charge in [-0.3, -0.25) is 4.68 Å². The van der Waals surface area contributed by atoms with Gasteiger partial charge in [0.15, 0.2) is 5.96 Å². The molecular formula is C20H24IN5. The van der Waals surface area contributed by atoms with E-state index in [0.29, 0.717) is 12.5 Å². The molecule has 0 aliphatic rings. The number of nitrogens with two attached hydrogens (primary N) is 1. The number of rotatable bonds is 5. The summed E-state index contributed by atoms with van der Waals surface area (Å²) in [6, 6.07) is 16.5. The van der Waals surface area contributed by atoms with Gasteiger partial charge >= 0.3 is 0 Å². The third-order valence-electron chi connectivity index (χ3n) is 3.80. The predicted octanol–water partition coefficient (Wildman–Crippen LogP) is 4.09. The summed E-state index contributed by atoms with van der Waals surface area (Å²) >= 11 is 0. The van der Waals surface area contributed by atoms with Crippen LogP contribution in [-0.2, 0) is 13.1 Å². The molecule has 0 saturated heterocycles. The maximum absolute atomic E-state index is 6.00. The zero-order valence-electron chi connectivity index (χ0n) is 15.0. The van der Waals surface area contributed by atoms with Gasteiger partial charge < -0.3 is 11.1 Å². The molecule has 1 aromatic heterocycles. The monoisotopic (exact) mass is 461 g/mol. The number of hydrogen-bond donors (Lipinski definition) is 2. The van der Waals surface area contributed by atoms with Gasteiger partial charge in [0.1, 0.15) is 0 Å². The van der Waals surface area contributed by atoms with Crippen molar-refractivity contribution >= 4 is 35.6 Å². The summed E-state index contributed by atoms with van der Waals surface area (Å²) in [5, 5.41) is 7.52. The van der Waals surface area contributed by atoms with Gasteiger partial charge in [0.05, 0.1) is 19.3 Å². The lowest BCUT2D eigenvalue weighted by molar-refractivity contribution is 0.686. The van der Waals surface area contributed by atoms with Crippen molar-refractivity contribution in [3.05, 3.63) is 83.2 Å². The fraction of sp³-hybridized carbons (Fsp3) is 0.200. The minimum atomic E-state index is 0. The van der Waals surface area contributed by atoms with Crippen molar-refractivity contribution in [2.24, 2.45) is 10.7 Å². The second-order valence-electron chi connectivity index (χ2n) is 6.23. The highest BCUT2D eigenvalue weighted by atomic mass is 127. The van der Waals surface area contributed by atoms with E-state index < -0.39 is 0 Å². The predicted molar refractivity (Wildman–Crippen MR) is 118 cm³/mol. The van der Waals surface area contributed by atoms with Crippen molar-refractivity contribution in [2.45, 2.75) is 26.9 Å². The first kappa shape index (κ1) is 20.0. The number of guanidine groups is 1. The second-order valence-corrected chi connectivity index (χ2v) is 6.23. The molecule has 0 saturated carbocycles. The maximum atomic E-state index is 6.00. The third-order valence-corrected chi connectivity index (χ3v) is 3.80. The number of nitrogens with zero attached hydrogens (tertiary/aromatic N) is 3. The van der Waals surface area contributed by atoms with E-state index in [1.165, 1.54) is 16.7 Å². The molecule has 6 heteroatoms. The number of aromatic nitrogens is 2. The van der Waals surface area contributed by atoms with Gasteiger partial charge in [-0.15, -0.1) is 24.0 Å². The van der Waals surface area contributed by atoms with Gasteiger partial charge in [-0.05, 0) is 42.7 Å². The van der Waals surface area contributed by atoms with Gasteiger partial charge in [-0.2, -0.15) is 5.10 Å². The van der Waals surface area contributed by atoms with Crippen LogP contribution in [0.1, 0.15) is 22.3 Å². The first-order chi connectivity index (χ1) is 12.1. The van der Waals surface area contributed by atoms with Crippen molar-refractivity contribution in [3.8, 4) is 0 Å². The Bertz CT molecular complexity index is 851. The van der Waals surface area contributed by atoms with Crippen molar-refractivity contribution in [3.63, 3.8) is 0 Å². The van der Waals surface area contributed by atoms with Gasteiger partial charge in [-0.25, -0.2) is 4.99 Å². The molecule has 2 aromatic carbocycles. The summed E-state index contributed by atoms with van der Waals surface area (Å²) in [6.07, 6.45) is 3.83. The molecule has 0 unspecified atom stereocenters. The highest BCUT2D eigenvalue weighted by Gasteiger charge is 2.01. The van der Waals surface area contributed by atoms with Crippen molar-refractivity contribution in [1.29, 1.82) is 0 Å². The number of anilines is 1. The zero-order chi connectivity index (χ0) is 17.6. The van der Waals surface area contributed by atoms with Crippen LogP contribution in [0.25, 0.3) is 0 Å². The molecule has 1 heterocycles. The number of benzene rings is 2. The van der Waals surface area contributed by atoms with Crippen LogP contribution >= 0.6 is 24.0 Å². The number of aryl methyl sites for hydroxylation is 2. The fourth-order valence-corrected chi connectivity index (χ4v) is 2.76. The Balaban J connectivity index is 0.00000243. The maximum Gasteiger partial charge on any atom is 0.193 e. The molecule has 3 rings (SSSR count). The van der Waals surface area contributed by atoms with Crippen LogP contribution in [0.4, 0.5) is 5.69 Å². The molecule has 0 aliphatic heterocycles. The first-order valence-electron chi connectivity index (χ1n) is 8.29. The number of halogens is 1.